The molecule has 2 aromatic carbocycles. The summed E-state index contributed by atoms with van der Waals surface area (Å²) in [6.45, 7) is 4.00. The van der Waals surface area contributed by atoms with E-state index in [2.05, 4.69) is 5.32 Å². The summed E-state index contributed by atoms with van der Waals surface area (Å²) in [6, 6.07) is 7.55. The molecule has 1 amide bonds. The number of thiazole rings is 1. The van der Waals surface area contributed by atoms with Gasteiger partial charge in [-0.3, -0.25) is 18.9 Å². The third kappa shape index (κ3) is 10.3. The lowest BCUT2D eigenvalue weighted by atomic mass is 9.94. The normalized spacial score (nSPS) is 25.6. The SMILES string of the molecule is COc1ccc2c(O[C@@H]3C[C@H]4C(=O)C[C@]5(P(=O)(O)Cc6c(F)cccc6F)C[C@@H]5/C=C\CCCCC[C@H](CC(=O)OC5CCCC5)C(=O)N4C3)cc(-c3csc(NC(C)C)n3)nc2c1Cl. The van der Waals surface area contributed by atoms with Gasteiger partial charge in [-0.1, -0.05) is 42.7 Å². The molecule has 2 aliphatic carbocycles. The van der Waals surface area contributed by atoms with Gasteiger partial charge in [0.1, 0.15) is 46.1 Å². The highest BCUT2D eigenvalue weighted by molar-refractivity contribution is 7.59. The largest absolute Gasteiger partial charge is 0.495 e. The van der Waals surface area contributed by atoms with Crippen LogP contribution in [0.15, 0.2) is 53.9 Å². The average molecular weight is 953 g/mol. The zero-order valence-electron chi connectivity index (χ0n) is 36.9. The first-order chi connectivity index (χ1) is 31.2. The van der Waals surface area contributed by atoms with Crippen LogP contribution in [0.3, 0.4) is 0 Å². The number of benzene rings is 2. The highest BCUT2D eigenvalue weighted by atomic mass is 35.5. The Morgan fingerprint density at radius 1 is 1.03 bits per heavy atom. The quantitative estimate of drug-likeness (QED) is 0.0791. The number of halogens is 3. The molecule has 2 aromatic heterocycles. The van der Waals surface area contributed by atoms with Crippen molar-refractivity contribution < 1.29 is 46.8 Å². The minimum absolute atomic E-state index is 0.0280. The minimum Gasteiger partial charge on any atom is -0.495 e. The van der Waals surface area contributed by atoms with Crippen molar-refractivity contribution in [2.24, 2.45) is 11.8 Å². The number of aromatic nitrogens is 2. The fraction of sp³-hybridized carbons (Fsp3) is 0.521. The number of nitrogens with one attached hydrogen (secondary N) is 1. The number of nitrogens with zero attached hydrogens (tertiary/aromatic N) is 3. The summed E-state index contributed by atoms with van der Waals surface area (Å²) in [5.41, 5.74) is 0.931. The number of amides is 1. The topological polar surface area (TPSA) is 157 Å². The second-order valence-corrected chi connectivity index (χ2v) is 22.1. The number of carbonyl (C=O) groups is 3. The molecule has 4 aliphatic rings. The van der Waals surface area contributed by atoms with E-state index in [0.29, 0.717) is 58.2 Å². The number of methoxy groups -OCH3 is 1. The highest BCUT2D eigenvalue weighted by Gasteiger charge is 2.65. The van der Waals surface area contributed by atoms with E-state index >= 15 is 0 Å². The molecule has 2 N–H and O–H groups in total. The number of ether oxygens (including phenoxy) is 3. The molecule has 1 saturated heterocycles. The number of hydrogen-bond donors (Lipinski definition) is 2. The van der Waals surface area contributed by atoms with Crippen molar-refractivity contribution in [3.05, 3.63) is 76.2 Å². The Morgan fingerprint density at radius 2 is 1.78 bits per heavy atom. The van der Waals surface area contributed by atoms with Crippen LogP contribution < -0.4 is 14.8 Å². The van der Waals surface area contributed by atoms with Crippen LogP contribution in [0.1, 0.15) is 103 Å². The number of rotatable bonds is 12. The van der Waals surface area contributed by atoms with Crippen molar-refractivity contribution in [1.29, 1.82) is 0 Å². The Kier molecular flexibility index (Phi) is 14.3. The third-order valence-electron chi connectivity index (χ3n) is 13.3. The smallest absolute Gasteiger partial charge is 0.306 e. The van der Waals surface area contributed by atoms with Gasteiger partial charge in [0.2, 0.25) is 13.3 Å². The van der Waals surface area contributed by atoms with E-state index in [-0.39, 0.29) is 43.0 Å². The van der Waals surface area contributed by atoms with Gasteiger partial charge in [0.15, 0.2) is 10.9 Å². The predicted molar refractivity (Wildman–Crippen MR) is 247 cm³/mol. The molecule has 65 heavy (non-hydrogen) atoms. The zero-order valence-corrected chi connectivity index (χ0v) is 39.4. The maximum Gasteiger partial charge on any atom is 0.306 e. The number of carbonyl (C=O) groups excluding carboxylic acids is 3. The Balaban J connectivity index is 1.15. The van der Waals surface area contributed by atoms with Crippen LogP contribution in [0.25, 0.3) is 22.3 Å². The van der Waals surface area contributed by atoms with Crippen molar-refractivity contribution in [2.45, 2.75) is 133 Å². The van der Waals surface area contributed by atoms with Gasteiger partial charge in [0, 0.05) is 47.2 Å². The van der Waals surface area contributed by atoms with Crippen molar-refractivity contribution in [2.75, 3.05) is 19.0 Å². The Hall–Kier alpha value is -4.43. The van der Waals surface area contributed by atoms with Crippen LogP contribution >= 0.6 is 30.3 Å². The lowest BCUT2D eigenvalue weighted by Gasteiger charge is -2.30. The van der Waals surface area contributed by atoms with E-state index < -0.39 is 83.9 Å². The maximum atomic E-state index is 15.0. The standard InChI is InChI=1S/C48H56ClF2N4O8PS/c1-28(2)52-47-54-38(27-65-47)37-22-42(33-18-19-41(61-3)44(49)45(33)53-37)62-32-21-39-40(56)24-48(64(59,60)26-34-35(50)16-11-17-36(34)51)23-30(48)13-8-6-4-5-7-12-29(46(58)55(39)25-32)20-43(57)63-31-14-9-10-15-31/h8,11,13,16-19,22,27-32,39H,4-7,9-10,12,14-15,20-21,23-26H2,1-3H3,(H,52,54)(H,59,60)/b13-8-/t29-,30+,32-,39+,48-/m1/s1. The van der Waals surface area contributed by atoms with E-state index in [4.69, 9.17) is 35.8 Å². The molecule has 2 saturated carbocycles. The molecule has 0 radical (unpaired) electrons. The first-order valence-electron chi connectivity index (χ1n) is 22.7. The molecule has 348 valence electrons. The summed E-state index contributed by atoms with van der Waals surface area (Å²) < 4.78 is 62.7. The van der Waals surface area contributed by atoms with Gasteiger partial charge in [0.05, 0.1) is 48.6 Å². The molecule has 6 atom stereocenters. The van der Waals surface area contributed by atoms with Gasteiger partial charge in [-0.25, -0.2) is 18.7 Å². The Morgan fingerprint density at radius 3 is 2.52 bits per heavy atom. The third-order valence-corrected chi connectivity index (χ3v) is 17.3. The number of hydrogen-bond acceptors (Lipinski definition) is 11. The van der Waals surface area contributed by atoms with Crippen molar-refractivity contribution >= 4 is 64.0 Å². The number of Topliss-reactive ketones (excluding diaryl/α,β-unsaturated/α-hetero) is 1. The van der Waals surface area contributed by atoms with Crippen LogP contribution in [-0.4, -0.2) is 80.5 Å². The lowest BCUT2D eigenvalue weighted by molar-refractivity contribution is -0.154. The van der Waals surface area contributed by atoms with E-state index in [9.17, 15) is 32.6 Å². The molecule has 8 rings (SSSR count). The minimum atomic E-state index is -4.49. The van der Waals surface area contributed by atoms with Gasteiger partial charge in [0.25, 0.3) is 0 Å². The van der Waals surface area contributed by atoms with Gasteiger partial charge in [-0.15, -0.1) is 11.3 Å². The van der Waals surface area contributed by atoms with Crippen LogP contribution in [0.2, 0.25) is 5.02 Å². The van der Waals surface area contributed by atoms with E-state index in [0.717, 1.165) is 50.7 Å². The molecular weight excluding hydrogens is 897 g/mol. The molecule has 4 aromatic rings. The second kappa shape index (κ2) is 19.8. The summed E-state index contributed by atoms with van der Waals surface area (Å²) >= 11 is 8.30. The molecule has 1 unspecified atom stereocenters. The number of anilines is 1. The number of esters is 1. The molecule has 0 bridgehead atoms. The van der Waals surface area contributed by atoms with Crippen molar-refractivity contribution in [3.63, 3.8) is 0 Å². The van der Waals surface area contributed by atoms with E-state index in [1.54, 1.807) is 18.2 Å². The number of fused-ring (bicyclic) bond motifs is 3. The lowest BCUT2D eigenvalue weighted by Crippen LogP contribution is -2.45. The molecule has 0 spiro atoms. The number of allylic oxidation sites excluding steroid dienone is 2. The van der Waals surface area contributed by atoms with E-state index in [1.807, 2.05) is 31.4 Å². The summed E-state index contributed by atoms with van der Waals surface area (Å²) in [5, 5.41) is 5.19. The summed E-state index contributed by atoms with van der Waals surface area (Å²) in [7, 11) is -2.98. The van der Waals surface area contributed by atoms with Crippen molar-refractivity contribution in [3.8, 4) is 22.9 Å². The molecule has 12 nitrogen and oxygen atoms in total. The molecule has 4 heterocycles. The zero-order chi connectivity index (χ0) is 46.0. The van der Waals surface area contributed by atoms with Gasteiger partial charge in [-0.05, 0) is 95.4 Å². The molecule has 2 aliphatic heterocycles. The number of ketones is 1. The predicted octanol–water partition coefficient (Wildman–Crippen LogP) is 10.7. The Labute approximate surface area is 386 Å². The van der Waals surface area contributed by atoms with Gasteiger partial charge in [-0.2, -0.15) is 0 Å². The first kappa shape index (κ1) is 47.1. The second-order valence-electron chi connectivity index (χ2n) is 18.3. The number of pyridine rings is 1. The monoisotopic (exact) mass is 952 g/mol. The van der Waals surface area contributed by atoms with Gasteiger partial charge >= 0.3 is 5.97 Å². The summed E-state index contributed by atoms with van der Waals surface area (Å²) in [5.74, 6) is -3.70. The first-order valence-corrected chi connectivity index (χ1v) is 25.8. The average Bonchev–Trinajstić information content (AvgIpc) is 3.68. The van der Waals surface area contributed by atoms with Crippen molar-refractivity contribution in [1.82, 2.24) is 14.9 Å². The van der Waals surface area contributed by atoms with E-state index in [1.165, 1.54) is 29.4 Å². The maximum absolute atomic E-state index is 15.0. The summed E-state index contributed by atoms with van der Waals surface area (Å²) in [4.78, 5) is 66.4. The molecule has 17 heteroatoms. The van der Waals surface area contributed by atoms with Crippen LogP contribution in [0, 0.1) is 23.5 Å². The summed E-state index contributed by atoms with van der Waals surface area (Å²) in [6.07, 6.45) is 8.46. The fourth-order valence-corrected chi connectivity index (χ4v) is 13.4. The van der Waals surface area contributed by atoms with Gasteiger partial charge < -0.3 is 29.3 Å². The Bertz CT molecular complexity index is 2500. The highest BCUT2D eigenvalue weighted by Crippen LogP contribution is 2.74. The van der Waals surface area contributed by atoms with Crippen LogP contribution in [-0.2, 0) is 29.8 Å². The van der Waals surface area contributed by atoms with Crippen LogP contribution in [0.5, 0.6) is 11.5 Å². The fourth-order valence-electron chi connectivity index (χ4n) is 9.76. The molecule has 3 fully saturated rings. The van der Waals surface area contributed by atoms with Crippen LogP contribution in [0.4, 0.5) is 13.9 Å². The molecular formula is C48H56ClF2N4O8PS.